The van der Waals surface area contributed by atoms with Crippen LogP contribution < -0.4 is 19.3 Å². The highest BCUT2D eigenvalue weighted by Gasteiger charge is 2.23. The summed E-state index contributed by atoms with van der Waals surface area (Å²) in [5.74, 6) is 1.22. The fraction of sp³-hybridized carbons (Fsp3) is 0.417. The van der Waals surface area contributed by atoms with Crippen molar-refractivity contribution in [3.05, 3.63) is 42.0 Å². The maximum absolute atomic E-state index is 13.5. The summed E-state index contributed by atoms with van der Waals surface area (Å²) in [6.45, 7) is 7.47. The second kappa shape index (κ2) is 10.7. The summed E-state index contributed by atoms with van der Waals surface area (Å²) in [7, 11) is 7.19. The number of benzene rings is 2. The fourth-order valence-corrected chi connectivity index (χ4v) is 4.48. The Morgan fingerprint density at radius 3 is 2.16 bits per heavy atom. The van der Waals surface area contributed by atoms with Crippen LogP contribution in [0.1, 0.15) is 24.2 Å². The smallest absolute Gasteiger partial charge is 0.260 e. The van der Waals surface area contributed by atoms with Crippen LogP contribution in [0.2, 0.25) is 0 Å². The molecule has 3 aromatic rings. The van der Waals surface area contributed by atoms with Gasteiger partial charge in [0.25, 0.3) is 5.91 Å². The van der Waals surface area contributed by atoms with E-state index in [4.69, 9.17) is 14.5 Å². The van der Waals surface area contributed by atoms with Crippen LogP contribution >= 0.6 is 11.3 Å². The lowest BCUT2D eigenvalue weighted by molar-refractivity contribution is 0.0984. The van der Waals surface area contributed by atoms with Gasteiger partial charge in [-0.2, -0.15) is 0 Å². The Morgan fingerprint density at radius 1 is 0.969 bits per heavy atom. The molecule has 0 aliphatic carbocycles. The highest BCUT2D eigenvalue weighted by atomic mass is 32.1. The molecule has 172 valence electrons. The summed E-state index contributed by atoms with van der Waals surface area (Å²) >= 11 is 1.48. The highest BCUT2D eigenvalue weighted by molar-refractivity contribution is 7.22. The van der Waals surface area contributed by atoms with Gasteiger partial charge in [-0.1, -0.05) is 25.2 Å². The number of methoxy groups -OCH3 is 2. The van der Waals surface area contributed by atoms with E-state index in [2.05, 4.69) is 18.7 Å². The third kappa shape index (κ3) is 5.14. The van der Waals surface area contributed by atoms with Crippen molar-refractivity contribution in [3.8, 4) is 11.5 Å². The van der Waals surface area contributed by atoms with Gasteiger partial charge in [0.05, 0.1) is 24.4 Å². The SMILES string of the molecule is CCN(CC)CCN(C(=O)c1ccc(N(C)C)cc1)c1nc2cc(OC)c(OC)cc2s1. The molecular formula is C24H32N4O3S. The molecule has 0 atom stereocenters. The van der Waals surface area contributed by atoms with Gasteiger partial charge in [0.1, 0.15) is 0 Å². The third-order valence-corrected chi connectivity index (χ3v) is 6.56. The molecule has 1 aromatic heterocycles. The van der Waals surface area contributed by atoms with E-state index in [9.17, 15) is 4.79 Å². The van der Waals surface area contributed by atoms with Crippen LogP contribution in [0.5, 0.6) is 11.5 Å². The standard InChI is InChI=1S/C24H32N4O3S/c1-7-27(8-2)13-14-28(23(29)17-9-11-18(12-10-17)26(3)4)24-25-19-15-20(30-5)21(31-6)16-22(19)32-24/h9-12,15-16H,7-8,13-14H2,1-6H3. The molecule has 0 spiro atoms. The lowest BCUT2D eigenvalue weighted by Crippen LogP contribution is -2.38. The molecule has 0 aliphatic heterocycles. The molecule has 0 aliphatic rings. The Hall–Kier alpha value is -2.84. The predicted octanol–water partition coefficient (Wildman–Crippen LogP) is 4.37. The minimum absolute atomic E-state index is 0.0551. The quantitative estimate of drug-likeness (QED) is 0.452. The van der Waals surface area contributed by atoms with Crippen LogP contribution in [0.4, 0.5) is 10.8 Å². The van der Waals surface area contributed by atoms with E-state index in [0.29, 0.717) is 28.7 Å². The Labute approximate surface area is 194 Å². The zero-order valence-electron chi connectivity index (χ0n) is 19.7. The number of thiazole rings is 1. The van der Waals surface area contributed by atoms with Gasteiger partial charge in [-0.25, -0.2) is 4.98 Å². The van der Waals surface area contributed by atoms with Crippen LogP contribution in [0, 0.1) is 0 Å². The third-order valence-electron chi connectivity index (χ3n) is 5.52. The molecule has 1 amide bonds. The maximum Gasteiger partial charge on any atom is 0.260 e. The topological polar surface area (TPSA) is 58.1 Å². The average molecular weight is 457 g/mol. The zero-order valence-corrected chi connectivity index (χ0v) is 20.5. The molecular weight excluding hydrogens is 424 g/mol. The van der Waals surface area contributed by atoms with Gasteiger partial charge in [-0.05, 0) is 37.4 Å². The molecule has 0 N–H and O–H groups in total. The van der Waals surface area contributed by atoms with Gasteiger partial charge < -0.3 is 19.3 Å². The van der Waals surface area contributed by atoms with E-state index in [1.807, 2.05) is 55.4 Å². The molecule has 0 unspecified atom stereocenters. The molecule has 3 rings (SSSR count). The van der Waals surface area contributed by atoms with Gasteiger partial charge in [0, 0.05) is 50.6 Å². The van der Waals surface area contributed by atoms with Crippen molar-refractivity contribution >= 4 is 38.3 Å². The van der Waals surface area contributed by atoms with E-state index < -0.39 is 0 Å². The van der Waals surface area contributed by atoms with Crippen LogP contribution in [0.15, 0.2) is 36.4 Å². The monoisotopic (exact) mass is 456 g/mol. The largest absolute Gasteiger partial charge is 0.493 e. The fourth-order valence-electron chi connectivity index (χ4n) is 3.48. The number of carbonyl (C=O) groups is 1. The van der Waals surface area contributed by atoms with Gasteiger partial charge in [0.15, 0.2) is 16.6 Å². The van der Waals surface area contributed by atoms with E-state index in [1.165, 1.54) is 11.3 Å². The van der Waals surface area contributed by atoms with Gasteiger partial charge in [-0.15, -0.1) is 0 Å². The van der Waals surface area contributed by atoms with E-state index in [1.54, 1.807) is 19.1 Å². The molecule has 0 saturated carbocycles. The second-order valence-electron chi connectivity index (χ2n) is 7.60. The molecule has 0 radical (unpaired) electrons. The number of fused-ring (bicyclic) bond motifs is 1. The van der Waals surface area contributed by atoms with Crippen molar-refractivity contribution in [3.63, 3.8) is 0 Å². The number of ether oxygens (including phenoxy) is 2. The lowest BCUT2D eigenvalue weighted by atomic mass is 10.1. The highest BCUT2D eigenvalue weighted by Crippen LogP contribution is 2.37. The minimum Gasteiger partial charge on any atom is -0.493 e. The number of hydrogen-bond donors (Lipinski definition) is 0. The summed E-state index contributed by atoms with van der Waals surface area (Å²) in [5.41, 5.74) is 2.48. The number of nitrogens with zero attached hydrogens (tertiary/aromatic N) is 4. The Morgan fingerprint density at radius 2 is 1.59 bits per heavy atom. The number of anilines is 2. The first-order valence-corrected chi connectivity index (χ1v) is 11.6. The lowest BCUT2D eigenvalue weighted by Gasteiger charge is -2.25. The van der Waals surface area contributed by atoms with Gasteiger partial charge in [0.2, 0.25) is 0 Å². The molecule has 0 bridgehead atoms. The van der Waals surface area contributed by atoms with Crippen LogP contribution in [0.25, 0.3) is 10.2 Å². The summed E-state index contributed by atoms with van der Waals surface area (Å²) < 4.78 is 11.8. The minimum atomic E-state index is -0.0551. The van der Waals surface area contributed by atoms with Crippen molar-refractivity contribution < 1.29 is 14.3 Å². The average Bonchev–Trinajstić information content (AvgIpc) is 3.23. The van der Waals surface area contributed by atoms with Crippen molar-refractivity contribution in [2.24, 2.45) is 0 Å². The summed E-state index contributed by atoms with van der Waals surface area (Å²) in [4.78, 5) is 24.4. The maximum atomic E-state index is 13.5. The molecule has 0 saturated heterocycles. The van der Waals surface area contributed by atoms with Crippen molar-refractivity contribution in [2.75, 3.05) is 64.3 Å². The van der Waals surface area contributed by atoms with Crippen molar-refractivity contribution in [2.45, 2.75) is 13.8 Å². The first kappa shape index (κ1) is 23.8. The summed E-state index contributed by atoms with van der Waals surface area (Å²) in [6, 6.07) is 11.4. The summed E-state index contributed by atoms with van der Waals surface area (Å²) in [5, 5.41) is 0.671. The molecule has 2 aromatic carbocycles. The number of hydrogen-bond acceptors (Lipinski definition) is 7. The van der Waals surface area contributed by atoms with E-state index >= 15 is 0 Å². The second-order valence-corrected chi connectivity index (χ2v) is 8.61. The van der Waals surface area contributed by atoms with E-state index in [0.717, 1.165) is 35.5 Å². The Bertz CT molecular complexity index is 1000. The van der Waals surface area contributed by atoms with Gasteiger partial charge >= 0.3 is 0 Å². The number of likely N-dealkylation sites (N-methyl/N-ethyl adjacent to an activating group) is 1. The molecule has 0 fully saturated rings. The number of carbonyl (C=O) groups excluding carboxylic acids is 1. The normalized spacial score (nSPS) is 11.1. The van der Waals surface area contributed by atoms with Crippen LogP contribution in [-0.2, 0) is 0 Å². The van der Waals surface area contributed by atoms with Crippen molar-refractivity contribution in [1.29, 1.82) is 0 Å². The van der Waals surface area contributed by atoms with Crippen molar-refractivity contribution in [1.82, 2.24) is 9.88 Å². The predicted molar refractivity (Wildman–Crippen MR) is 133 cm³/mol. The molecule has 1 heterocycles. The number of rotatable bonds is 10. The van der Waals surface area contributed by atoms with Gasteiger partial charge in [-0.3, -0.25) is 9.69 Å². The summed E-state index contributed by atoms with van der Waals surface area (Å²) in [6.07, 6.45) is 0. The Balaban J connectivity index is 1.98. The molecule has 7 nitrogen and oxygen atoms in total. The number of amides is 1. The Kier molecular flexibility index (Phi) is 7.93. The molecule has 32 heavy (non-hydrogen) atoms. The van der Waals surface area contributed by atoms with E-state index in [-0.39, 0.29) is 5.91 Å². The number of aromatic nitrogens is 1. The first-order valence-electron chi connectivity index (χ1n) is 10.8. The first-order chi connectivity index (χ1) is 15.4. The molecule has 8 heteroatoms. The van der Waals surface area contributed by atoms with Crippen LogP contribution in [0.3, 0.4) is 0 Å². The zero-order chi connectivity index (χ0) is 23.3. The van der Waals surface area contributed by atoms with Crippen LogP contribution in [-0.4, -0.2) is 70.3 Å².